The molecule has 0 unspecified atom stereocenters. The normalized spacial score (nSPS) is 11.2. The Bertz CT molecular complexity index is 1180. The summed E-state index contributed by atoms with van der Waals surface area (Å²) in [6, 6.07) is 13.0. The Balaban J connectivity index is 1.51. The molecule has 0 saturated heterocycles. The fourth-order valence-corrected chi connectivity index (χ4v) is 3.80. The predicted molar refractivity (Wildman–Crippen MR) is 114 cm³/mol. The van der Waals surface area contributed by atoms with E-state index in [9.17, 15) is 4.79 Å². The summed E-state index contributed by atoms with van der Waals surface area (Å²) in [6.07, 6.45) is 0.0955. The minimum absolute atomic E-state index is 0.0955. The van der Waals surface area contributed by atoms with Crippen LogP contribution in [-0.4, -0.2) is 31.8 Å². The van der Waals surface area contributed by atoms with Crippen LogP contribution in [0.15, 0.2) is 42.5 Å². The number of hydrogen-bond donors (Lipinski definition) is 1. The Hall–Kier alpha value is -3.26. The lowest BCUT2D eigenvalue weighted by Crippen LogP contribution is -2.13. The number of benzene rings is 2. The van der Waals surface area contributed by atoms with Crippen LogP contribution in [0.1, 0.15) is 35.6 Å². The maximum atomic E-state index is 12.6. The standard InChI is InChI=1S/C21H21N5O2S/c1-12(2)28-17-8-5-15(6-9-17)19(27)22-18-10-7-16(11-13(18)3)20-25-26-14(4)23-24-21(26)29-20/h5-12H,1-4H3,(H,22,27). The SMILES string of the molecule is Cc1cc(-c2nn3c(C)nnc3s2)ccc1NC(=O)c1ccc(OC(C)C)cc1. The third kappa shape index (κ3) is 3.97. The summed E-state index contributed by atoms with van der Waals surface area (Å²) < 4.78 is 7.35. The first-order valence-electron chi connectivity index (χ1n) is 9.28. The highest BCUT2D eigenvalue weighted by atomic mass is 32.1. The van der Waals surface area contributed by atoms with Crippen molar-refractivity contribution in [3.05, 3.63) is 59.4 Å². The molecule has 0 aliphatic carbocycles. The number of aromatic nitrogens is 4. The van der Waals surface area contributed by atoms with E-state index in [2.05, 4.69) is 20.6 Å². The van der Waals surface area contributed by atoms with Gasteiger partial charge in [-0.05, 0) is 75.7 Å². The number of carbonyl (C=O) groups is 1. The molecular weight excluding hydrogens is 386 g/mol. The fourth-order valence-electron chi connectivity index (χ4n) is 2.92. The molecule has 0 aliphatic heterocycles. The first-order valence-corrected chi connectivity index (χ1v) is 10.1. The van der Waals surface area contributed by atoms with Crippen molar-refractivity contribution < 1.29 is 9.53 Å². The topological polar surface area (TPSA) is 81.4 Å². The lowest BCUT2D eigenvalue weighted by atomic mass is 10.1. The van der Waals surface area contributed by atoms with Crippen LogP contribution in [0.5, 0.6) is 5.75 Å². The number of anilines is 1. The molecule has 1 amide bonds. The molecule has 0 radical (unpaired) electrons. The van der Waals surface area contributed by atoms with Crippen LogP contribution in [0.3, 0.4) is 0 Å². The highest BCUT2D eigenvalue weighted by molar-refractivity contribution is 7.19. The zero-order valence-corrected chi connectivity index (χ0v) is 17.4. The lowest BCUT2D eigenvalue weighted by molar-refractivity contribution is 0.102. The van der Waals surface area contributed by atoms with E-state index in [4.69, 9.17) is 4.74 Å². The van der Waals surface area contributed by atoms with E-state index in [0.717, 1.165) is 38.4 Å². The van der Waals surface area contributed by atoms with E-state index in [1.54, 1.807) is 28.8 Å². The van der Waals surface area contributed by atoms with Crippen molar-refractivity contribution >= 4 is 27.9 Å². The van der Waals surface area contributed by atoms with Gasteiger partial charge in [0, 0.05) is 16.8 Å². The lowest BCUT2D eigenvalue weighted by Gasteiger charge is -2.11. The van der Waals surface area contributed by atoms with Crippen molar-refractivity contribution in [1.29, 1.82) is 0 Å². The van der Waals surface area contributed by atoms with Gasteiger partial charge in [0.25, 0.3) is 5.91 Å². The van der Waals surface area contributed by atoms with Crippen molar-refractivity contribution in [2.45, 2.75) is 33.8 Å². The van der Waals surface area contributed by atoms with Gasteiger partial charge >= 0.3 is 0 Å². The van der Waals surface area contributed by atoms with Crippen LogP contribution in [-0.2, 0) is 0 Å². The molecule has 148 valence electrons. The average Bonchev–Trinajstić information content (AvgIpc) is 3.26. The molecular formula is C21H21N5O2S. The van der Waals surface area contributed by atoms with Crippen LogP contribution >= 0.6 is 11.3 Å². The maximum Gasteiger partial charge on any atom is 0.255 e. The smallest absolute Gasteiger partial charge is 0.255 e. The highest BCUT2D eigenvalue weighted by Crippen LogP contribution is 2.29. The predicted octanol–water partition coefficient (Wildman–Crippen LogP) is 4.51. The molecule has 4 aromatic rings. The van der Waals surface area contributed by atoms with Crippen molar-refractivity contribution in [1.82, 2.24) is 19.8 Å². The molecule has 0 fully saturated rings. The zero-order chi connectivity index (χ0) is 20.5. The summed E-state index contributed by atoms with van der Waals surface area (Å²) in [5, 5.41) is 16.5. The Morgan fingerprint density at radius 3 is 2.52 bits per heavy atom. The summed E-state index contributed by atoms with van der Waals surface area (Å²) in [7, 11) is 0. The van der Waals surface area contributed by atoms with Crippen molar-refractivity contribution in [3.63, 3.8) is 0 Å². The van der Waals surface area contributed by atoms with Gasteiger partial charge in [-0.1, -0.05) is 11.3 Å². The monoisotopic (exact) mass is 407 g/mol. The number of aryl methyl sites for hydroxylation is 2. The van der Waals surface area contributed by atoms with Crippen LogP contribution < -0.4 is 10.1 Å². The number of hydrogen-bond acceptors (Lipinski definition) is 6. The van der Waals surface area contributed by atoms with E-state index < -0.39 is 0 Å². The molecule has 0 saturated carbocycles. The first-order chi connectivity index (χ1) is 13.9. The minimum Gasteiger partial charge on any atom is -0.491 e. The molecule has 2 heterocycles. The maximum absolute atomic E-state index is 12.6. The third-order valence-electron chi connectivity index (χ3n) is 4.36. The van der Waals surface area contributed by atoms with Gasteiger partial charge in [0.2, 0.25) is 4.96 Å². The Labute approximate surface area is 172 Å². The van der Waals surface area contributed by atoms with Crippen molar-refractivity contribution in [2.24, 2.45) is 0 Å². The van der Waals surface area contributed by atoms with Gasteiger partial charge in [-0.2, -0.15) is 9.61 Å². The molecule has 2 aromatic carbocycles. The molecule has 0 aliphatic rings. The molecule has 2 aromatic heterocycles. The number of ether oxygens (including phenoxy) is 1. The Kier molecular flexibility index (Phi) is 5.02. The van der Waals surface area contributed by atoms with Crippen LogP contribution in [0.25, 0.3) is 15.5 Å². The van der Waals surface area contributed by atoms with Gasteiger partial charge in [0.1, 0.15) is 10.8 Å². The number of nitrogens with one attached hydrogen (secondary N) is 1. The van der Waals surface area contributed by atoms with Crippen LogP contribution in [0.2, 0.25) is 0 Å². The molecule has 1 N–H and O–H groups in total. The zero-order valence-electron chi connectivity index (χ0n) is 16.6. The number of nitrogens with zero attached hydrogens (tertiary/aromatic N) is 4. The summed E-state index contributed by atoms with van der Waals surface area (Å²) in [5.74, 6) is 1.34. The summed E-state index contributed by atoms with van der Waals surface area (Å²) in [4.78, 5) is 13.4. The minimum atomic E-state index is -0.161. The number of fused-ring (bicyclic) bond motifs is 1. The number of amides is 1. The van der Waals surface area contributed by atoms with Crippen LogP contribution in [0, 0.1) is 13.8 Å². The second-order valence-corrected chi connectivity index (χ2v) is 7.98. The third-order valence-corrected chi connectivity index (χ3v) is 5.30. The van der Waals surface area contributed by atoms with Gasteiger partial charge < -0.3 is 10.1 Å². The summed E-state index contributed by atoms with van der Waals surface area (Å²) >= 11 is 1.48. The molecule has 7 nitrogen and oxygen atoms in total. The van der Waals surface area contributed by atoms with E-state index in [1.807, 2.05) is 45.9 Å². The van der Waals surface area contributed by atoms with E-state index in [0.29, 0.717) is 5.56 Å². The van der Waals surface area contributed by atoms with Gasteiger partial charge in [-0.15, -0.1) is 10.2 Å². The summed E-state index contributed by atoms with van der Waals surface area (Å²) in [6.45, 7) is 7.77. The fraction of sp³-hybridized carbons (Fsp3) is 0.238. The second kappa shape index (κ2) is 7.63. The molecule has 8 heteroatoms. The van der Waals surface area contributed by atoms with E-state index in [-0.39, 0.29) is 12.0 Å². The quantitative estimate of drug-likeness (QED) is 0.526. The van der Waals surface area contributed by atoms with E-state index in [1.165, 1.54) is 11.3 Å². The van der Waals surface area contributed by atoms with Crippen LogP contribution in [0.4, 0.5) is 5.69 Å². The first kappa shape index (κ1) is 19.1. The van der Waals surface area contributed by atoms with Gasteiger partial charge in [-0.25, -0.2) is 0 Å². The van der Waals surface area contributed by atoms with Crippen molar-refractivity contribution in [2.75, 3.05) is 5.32 Å². The molecule has 0 atom stereocenters. The molecule has 0 spiro atoms. The second-order valence-electron chi connectivity index (χ2n) is 7.02. The van der Waals surface area contributed by atoms with Gasteiger partial charge in [0.15, 0.2) is 5.82 Å². The average molecular weight is 407 g/mol. The number of rotatable bonds is 5. The Morgan fingerprint density at radius 1 is 1.10 bits per heavy atom. The van der Waals surface area contributed by atoms with E-state index >= 15 is 0 Å². The molecule has 0 bridgehead atoms. The van der Waals surface area contributed by atoms with Crippen molar-refractivity contribution in [3.8, 4) is 16.3 Å². The summed E-state index contributed by atoms with van der Waals surface area (Å²) in [5.41, 5.74) is 3.28. The number of carbonyl (C=O) groups excluding carboxylic acids is 1. The largest absolute Gasteiger partial charge is 0.491 e. The highest BCUT2D eigenvalue weighted by Gasteiger charge is 2.13. The van der Waals surface area contributed by atoms with Gasteiger partial charge in [-0.3, -0.25) is 4.79 Å². The molecule has 4 rings (SSSR count). The van der Waals surface area contributed by atoms with Gasteiger partial charge in [0.05, 0.1) is 6.10 Å². The molecule has 29 heavy (non-hydrogen) atoms. The Morgan fingerprint density at radius 2 is 1.86 bits per heavy atom.